The minimum absolute atomic E-state index is 0.277. The summed E-state index contributed by atoms with van der Waals surface area (Å²) < 4.78 is 13.8. The molecule has 0 saturated heterocycles. The molecule has 0 fully saturated rings. The van der Waals surface area contributed by atoms with E-state index in [0.29, 0.717) is 16.9 Å². The Morgan fingerprint density at radius 3 is 2.58 bits per heavy atom. The van der Waals surface area contributed by atoms with E-state index in [1.54, 1.807) is 32.9 Å². The third-order valence-corrected chi connectivity index (χ3v) is 3.03. The zero-order chi connectivity index (χ0) is 14.0. The fourth-order valence-electron chi connectivity index (χ4n) is 1.74. The van der Waals surface area contributed by atoms with E-state index in [-0.39, 0.29) is 11.6 Å². The molecule has 2 aromatic rings. The number of anilines is 2. The van der Waals surface area contributed by atoms with Gasteiger partial charge >= 0.3 is 0 Å². The molecule has 0 spiro atoms. The van der Waals surface area contributed by atoms with Crippen LogP contribution in [0, 0.1) is 37.9 Å². The Kier molecular flexibility index (Phi) is 3.43. The highest BCUT2D eigenvalue weighted by Crippen LogP contribution is 2.25. The van der Waals surface area contributed by atoms with Gasteiger partial charge < -0.3 is 5.32 Å². The predicted octanol–water partition coefficient (Wildman–Crippen LogP) is 3.16. The van der Waals surface area contributed by atoms with Crippen LogP contribution < -0.4 is 5.32 Å². The van der Waals surface area contributed by atoms with Crippen LogP contribution >= 0.6 is 0 Å². The Morgan fingerprint density at radius 2 is 1.95 bits per heavy atom. The van der Waals surface area contributed by atoms with E-state index in [0.717, 1.165) is 11.1 Å². The highest BCUT2D eigenvalue weighted by Gasteiger charge is 2.13. The van der Waals surface area contributed by atoms with Gasteiger partial charge in [0.25, 0.3) is 0 Å². The van der Waals surface area contributed by atoms with E-state index in [1.807, 2.05) is 0 Å². The minimum atomic E-state index is -0.385. The molecule has 1 aromatic carbocycles. The van der Waals surface area contributed by atoms with Crippen molar-refractivity contribution in [3.63, 3.8) is 0 Å². The summed E-state index contributed by atoms with van der Waals surface area (Å²) in [4.78, 5) is 0. The molecule has 0 unspecified atom stereocenters. The monoisotopic (exact) mass is 256 g/mol. The molecule has 0 radical (unpaired) electrons. The van der Waals surface area contributed by atoms with Gasteiger partial charge in [-0.15, -0.1) is 5.10 Å². The first kappa shape index (κ1) is 13.0. The molecule has 1 N–H and O–H groups in total. The number of para-hydroxylation sites is 1. The van der Waals surface area contributed by atoms with E-state index < -0.39 is 0 Å². The number of benzene rings is 1. The summed E-state index contributed by atoms with van der Waals surface area (Å²) in [6, 6.07) is 6.85. The first-order valence-electron chi connectivity index (χ1n) is 5.80. The Balaban J connectivity index is 2.51. The van der Waals surface area contributed by atoms with Gasteiger partial charge in [0.2, 0.25) is 0 Å². The van der Waals surface area contributed by atoms with Crippen molar-refractivity contribution < 1.29 is 4.39 Å². The second-order valence-electron chi connectivity index (χ2n) is 4.30. The quantitative estimate of drug-likeness (QED) is 0.896. The molecular weight excluding hydrogens is 243 g/mol. The second kappa shape index (κ2) is 5.02. The highest BCUT2D eigenvalue weighted by atomic mass is 19.1. The minimum Gasteiger partial charge on any atom is -0.335 e. The summed E-state index contributed by atoms with van der Waals surface area (Å²) in [5.74, 6) is -0.109. The Labute approximate surface area is 110 Å². The molecule has 1 heterocycles. The summed E-state index contributed by atoms with van der Waals surface area (Å²) in [6.45, 7) is 5.36. The average molecular weight is 256 g/mol. The van der Waals surface area contributed by atoms with Crippen molar-refractivity contribution in [3.05, 3.63) is 46.4 Å². The molecular formula is C14H13FN4. The Morgan fingerprint density at radius 1 is 1.21 bits per heavy atom. The molecule has 1 aromatic heterocycles. The van der Waals surface area contributed by atoms with Gasteiger partial charge in [-0.25, -0.2) is 4.39 Å². The van der Waals surface area contributed by atoms with E-state index in [4.69, 9.17) is 0 Å². The van der Waals surface area contributed by atoms with E-state index in [9.17, 15) is 9.65 Å². The Bertz CT molecular complexity index is 654. The van der Waals surface area contributed by atoms with Gasteiger partial charge in [-0.1, -0.05) is 12.1 Å². The zero-order valence-corrected chi connectivity index (χ0v) is 11.0. The molecule has 19 heavy (non-hydrogen) atoms. The number of halogens is 1. The van der Waals surface area contributed by atoms with Crippen molar-refractivity contribution in [2.75, 3.05) is 5.32 Å². The van der Waals surface area contributed by atoms with Gasteiger partial charge in [-0.3, -0.25) is 0 Å². The molecule has 0 aliphatic heterocycles. The first-order valence-corrected chi connectivity index (χ1v) is 5.80. The number of hydrogen-bond donors (Lipinski definition) is 1. The largest absolute Gasteiger partial charge is 0.335 e. The number of nitriles is 1. The van der Waals surface area contributed by atoms with Crippen LogP contribution in [0.4, 0.5) is 15.9 Å². The van der Waals surface area contributed by atoms with Crippen LogP contribution in [0.3, 0.4) is 0 Å². The van der Waals surface area contributed by atoms with Gasteiger partial charge in [-0.2, -0.15) is 10.4 Å². The summed E-state index contributed by atoms with van der Waals surface area (Å²) in [7, 11) is 0. The van der Waals surface area contributed by atoms with Crippen LogP contribution in [-0.4, -0.2) is 10.2 Å². The lowest BCUT2D eigenvalue weighted by Gasteiger charge is -2.12. The van der Waals surface area contributed by atoms with Crippen molar-refractivity contribution in [1.29, 1.82) is 5.26 Å². The molecule has 5 heteroatoms. The number of aryl methyl sites for hydroxylation is 2. The number of nitrogens with one attached hydrogen (secondary N) is 1. The first-order chi connectivity index (χ1) is 9.04. The molecule has 4 nitrogen and oxygen atoms in total. The second-order valence-corrected chi connectivity index (χ2v) is 4.30. The maximum Gasteiger partial charge on any atom is 0.171 e. The van der Waals surface area contributed by atoms with Crippen LogP contribution in [0.2, 0.25) is 0 Å². The molecule has 0 aliphatic rings. The maximum atomic E-state index is 13.8. The topological polar surface area (TPSA) is 61.6 Å². The van der Waals surface area contributed by atoms with Gasteiger partial charge in [0, 0.05) is 0 Å². The SMILES string of the molecule is Cc1cccc(F)c1Nc1nnc(C)c(C)c1C#N. The molecule has 0 bridgehead atoms. The predicted molar refractivity (Wildman–Crippen MR) is 70.6 cm³/mol. The van der Waals surface area contributed by atoms with Crippen LogP contribution in [0.15, 0.2) is 18.2 Å². The number of hydrogen-bond acceptors (Lipinski definition) is 4. The van der Waals surface area contributed by atoms with E-state index in [2.05, 4.69) is 21.6 Å². The molecule has 96 valence electrons. The molecule has 0 atom stereocenters. The lowest BCUT2D eigenvalue weighted by Crippen LogP contribution is -2.05. The number of rotatable bonds is 2. The van der Waals surface area contributed by atoms with Crippen molar-refractivity contribution in [2.45, 2.75) is 20.8 Å². The molecule has 0 saturated carbocycles. The van der Waals surface area contributed by atoms with Gasteiger partial charge in [-0.05, 0) is 38.0 Å². The van der Waals surface area contributed by atoms with Crippen LogP contribution in [0.1, 0.15) is 22.4 Å². The van der Waals surface area contributed by atoms with Crippen LogP contribution in [0.25, 0.3) is 0 Å². The summed E-state index contributed by atoms with van der Waals surface area (Å²) in [5, 5.41) is 19.9. The fraction of sp³-hybridized carbons (Fsp3) is 0.214. The van der Waals surface area contributed by atoms with Crippen LogP contribution in [-0.2, 0) is 0 Å². The average Bonchev–Trinajstić information content (AvgIpc) is 2.38. The normalized spacial score (nSPS) is 10.1. The summed E-state index contributed by atoms with van der Waals surface area (Å²) in [6.07, 6.45) is 0. The molecule has 2 rings (SSSR count). The fourth-order valence-corrected chi connectivity index (χ4v) is 1.74. The standard InChI is InChI=1S/C14H13FN4/c1-8-5-4-6-12(15)13(8)17-14-11(7-16)9(2)10(3)18-19-14/h4-6H,1-3H3,(H,17,19). The molecule has 0 amide bonds. The summed E-state index contributed by atoms with van der Waals surface area (Å²) in [5.41, 5.74) is 2.87. The number of aromatic nitrogens is 2. The maximum absolute atomic E-state index is 13.8. The lowest BCUT2D eigenvalue weighted by atomic mass is 10.1. The zero-order valence-electron chi connectivity index (χ0n) is 11.0. The van der Waals surface area contributed by atoms with Gasteiger partial charge in [0.1, 0.15) is 17.4 Å². The highest BCUT2D eigenvalue weighted by molar-refractivity contribution is 5.67. The van der Waals surface area contributed by atoms with Crippen molar-refractivity contribution >= 4 is 11.5 Å². The molecule has 0 aliphatic carbocycles. The van der Waals surface area contributed by atoms with Crippen molar-refractivity contribution in [1.82, 2.24) is 10.2 Å². The lowest BCUT2D eigenvalue weighted by molar-refractivity contribution is 0.630. The van der Waals surface area contributed by atoms with Gasteiger partial charge in [0.05, 0.1) is 11.4 Å². The smallest absolute Gasteiger partial charge is 0.171 e. The number of nitrogens with zero attached hydrogens (tertiary/aromatic N) is 3. The van der Waals surface area contributed by atoms with E-state index >= 15 is 0 Å². The Hall–Kier alpha value is -2.48. The van der Waals surface area contributed by atoms with Crippen LogP contribution in [0.5, 0.6) is 0 Å². The van der Waals surface area contributed by atoms with Crippen molar-refractivity contribution in [3.8, 4) is 6.07 Å². The van der Waals surface area contributed by atoms with Gasteiger partial charge in [0.15, 0.2) is 5.82 Å². The van der Waals surface area contributed by atoms with Crippen molar-refractivity contribution in [2.24, 2.45) is 0 Å². The van der Waals surface area contributed by atoms with E-state index in [1.165, 1.54) is 6.07 Å². The third kappa shape index (κ3) is 2.38. The summed E-state index contributed by atoms with van der Waals surface area (Å²) >= 11 is 0. The third-order valence-electron chi connectivity index (χ3n) is 3.03.